The van der Waals surface area contributed by atoms with Gasteiger partial charge in [-0.15, -0.1) is 12.6 Å². The van der Waals surface area contributed by atoms with E-state index in [4.69, 9.17) is 15.8 Å². The molecule has 0 atom stereocenters. The van der Waals surface area contributed by atoms with Gasteiger partial charge in [-0.25, -0.2) is 0 Å². The van der Waals surface area contributed by atoms with Gasteiger partial charge in [0, 0.05) is 4.90 Å². The number of nitrogens with zero attached hydrogens (tertiary/aromatic N) is 3. The summed E-state index contributed by atoms with van der Waals surface area (Å²) in [6, 6.07) is 8.50. The summed E-state index contributed by atoms with van der Waals surface area (Å²) in [6.45, 7) is 0. The van der Waals surface area contributed by atoms with Crippen molar-refractivity contribution in [2.75, 3.05) is 0 Å². The van der Waals surface area contributed by atoms with Gasteiger partial charge in [-0.1, -0.05) is 0 Å². The van der Waals surface area contributed by atoms with Gasteiger partial charge in [0.1, 0.15) is 18.2 Å². The molecule has 1 rings (SSSR count). The van der Waals surface area contributed by atoms with Crippen LogP contribution in [0.15, 0.2) is 17.0 Å². The summed E-state index contributed by atoms with van der Waals surface area (Å²) in [7, 11) is 0. The molecule has 5 heteroatoms. The second kappa shape index (κ2) is 5.70. The summed E-state index contributed by atoms with van der Waals surface area (Å²) in [5.41, 5.74) is 0.458. The van der Waals surface area contributed by atoms with Gasteiger partial charge in [-0.05, 0) is 12.1 Å². The number of rotatable bonds is 0. The first-order valence-corrected chi connectivity index (χ1v) is 3.75. The van der Waals surface area contributed by atoms with E-state index in [1.54, 1.807) is 0 Å². The second-order valence-electron chi connectivity index (χ2n) is 2.22. The Bertz CT molecular complexity index is 477. The molecule has 0 saturated carbocycles. The van der Waals surface area contributed by atoms with Crippen molar-refractivity contribution in [3.63, 3.8) is 0 Å². The summed E-state index contributed by atoms with van der Waals surface area (Å²) in [5.74, 6) is 0. The summed E-state index contributed by atoms with van der Waals surface area (Å²) in [4.78, 5) is 0.415. The van der Waals surface area contributed by atoms with Crippen LogP contribution in [0.2, 0.25) is 0 Å². The van der Waals surface area contributed by atoms with Crippen molar-refractivity contribution < 1.29 is 0 Å². The summed E-state index contributed by atoms with van der Waals surface area (Å²) >= 11 is 4.00. The Labute approximate surface area is 109 Å². The molecule has 0 radical (unpaired) electrons. The third-order valence-electron chi connectivity index (χ3n) is 1.53. The van der Waals surface area contributed by atoms with Crippen molar-refractivity contribution in [3.8, 4) is 18.2 Å². The SMILES string of the molecule is N#Cc1ccc(S)c(C#N)c1C#N.[NaH]. The Balaban J connectivity index is 0.00000169. The maximum atomic E-state index is 8.70. The van der Waals surface area contributed by atoms with Crippen LogP contribution in [0.25, 0.3) is 0 Å². The van der Waals surface area contributed by atoms with Crippen LogP contribution in [0.3, 0.4) is 0 Å². The minimum absolute atomic E-state index is 0. The van der Waals surface area contributed by atoms with E-state index in [0.717, 1.165) is 0 Å². The number of nitriles is 3. The van der Waals surface area contributed by atoms with Crippen molar-refractivity contribution >= 4 is 42.2 Å². The van der Waals surface area contributed by atoms with Crippen LogP contribution in [0.5, 0.6) is 0 Å². The average molecular weight is 209 g/mol. The fourth-order valence-corrected chi connectivity index (χ4v) is 1.15. The van der Waals surface area contributed by atoms with Crippen molar-refractivity contribution in [2.45, 2.75) is 4.90 Å². The number of benzene rings is 1. The molecule has 1 aromatic rings. The fourth-order valence-electron chi connectivity index (χ4n) is 0.914. The molecule has 0 heterocycles. The molecule has 0 spiro atoms. The molecular formula is C9H4N3NaS. The Morgan fingerprint density at radius 1 is 0.929 bits per heavy atom. The molecule has 0 aromatic heterocycles. The quantitative estimate of drug-likeness (QED) is 0.510. The topological polar surface area (TPSA) is 71.4 Å². The first-order chi connectivity index (χ1) is 6.24. The Morgan fingerprint density at radius 2 is 1.50 bits per heavy atom. The number of hydrogen-bond donors (Lipinski definition) is 1. The van der Waals surface area contributed by atoms with Gasteiger partial charge in [0.2, 0.25) is 0 Å². The predicted molar refractivity (Wildman–Crippen MR) is 55.0 cm³/mol. The molecule has 14 heavy (non-hydrogen) atoms. The Morgan fingerprint density at radius 3 is 1.93 bits per heavy atom. The van der Waals surface area contributed by atoms with E-state index in [2.05, 4.69) is 12.6 Å². The predicted octanol–water partition coefficient (Wildman–Crippen LogP) is 0.942. The van der Waals surface area contributed by atoms with E-state index < -0.39 is 0 Å². The first kappa shape index (κ1) is 13.0. The molecule has 62 valence electrons. The van der Waals surface area contributed by atoms with Crippen LogP contribution in [-0.2, 0) is 0 Å². The first-order valence-electron chi connectivity index (χ1n) is 3.31. The van der Waals surface area contributed by atoms with Crippen LogP contribution in [0, 0.1) is 34.0 Å². The molecule has 0 bridgehead atoms. The van der Waals surface area contributed by atoms with E-state index in [1.165, 1.54) is 12.1 Å². The van der Waals surface area contributed by atoms with Crippen LogP contribution in [0.4, 0.5) is 0 Å². The third kappa shape index (κ3) is 2.29. The van der Waals surface area contributed by atoms with Gasteiger partial charge >= 0.3 is 29.6 Å². The minimum atomic E-state index is 0. The van der Waals surface area contributed by atoms with Crippen molar-refractivity contribution in [1.29, 1.82) is 15.8 Å². The molecular weight excluding hydrogens is 205 g/mol. The maximum absolute atomic E-state index is 8.70. The summed E-state index contributed by atoms with van der Waals surface area (Å²) in [5, 5.41) is 26.0. The molecule has 0 aliphatic carbocycles. The molecule has 1 aromatic carbocycles. The summed E-state index contributed by atoms with van der Waals surface area (Å²) in [6.07, 6.45) is 0. The fraction of sp³-hybridized carbons (Fsp3) is 0. The molecule has 0 unspecified atom stereocenters. The summed E-state index contributed by atoms with van der Waals surface area (Å²) < 4.78 is 0. The zero-order chi connectivity index (χ0) is 9.84. The normalized spacial score (nSPS) is 7.57. The molecule has 0 amide bonds. The van der Waals surface area contributed by atoms with E-state index in [-0.39, 0.29) is 46.2 Å². The van der Waals surface area contributed by atoms with E-state index in [9.17, 15) is 0 Å². The molecule has 0 N–H and O–H groups in total. The van der Waals surface area contributed by atoms with Crippen LogP contribution in [-0.4, -0.2) is 29.6 Å². The van der Waals surface area contributed by atoms with Crippen LogP contribution >= 0.6 is 12.6 Å². The number of thiol groups is 1. The molecule has 0 aliphatic rings. The van der Waals surface area contributed by atoms with Crippen LogP contribution in [0.1, 0.15) is 16.7 Å². The van der Waals surface area contributed by atoms with E-state index >= 15 is 0 Å². The van der Waals surface area contributed by atoms with Crippen molar-refractivity contribution in [2.24, 2.45) is 0 Å². The molecule has 3 nitrogen and oxygen atoms in total. The molecule has 0 aliphatic heterocycles. The monoisotopic (exact) mass is 209 g/mol. The van der Waals surface area contributed by atoms with Gasteiger partial charge in [-0.2, -0.15) is 15.8 Å². The van der Waals surface area contributed by atoms with E-state index in [0.29, 0.717) is 4.90 Å². The Kier molecular flexibility index (Phi) is 5.31. The second-order valence-corrected chi connectivity index (χ2v) is 2.70. The van der Waals surface area contributed by atoms with Gasteiger partial charge in [-0.3, -0.25) is 0 Å². The zero-order valence-corrected chi connectivity index (χ0v) is 7.34. The van der Waals surface area contributed by atoms with Crippen molar-refractivity contribution in [3.05, 3.63) is 28.8 Å². The third-order valence-corrected chi connectivity index (χ3v) is 1.90. The van der Waals surface area contributed by atoms with Gasteiger partial charge in [0.25, 0.3) is 0 Å². The number of hydrogen-bond acceptors (Lipinski definition) is 4. The van der Waals surface area contributed by atoms with Crippen molar-refractivity contribution in [1.82, 2.24) is 0 Å². The zero-order valence-electron chi connectivity index (χ0n) is 6.44. The van der Waals surface area contributed by atoms with E-state index in [1.807, 2.05) is 18.2 Å². The van der Waals surface area contributed by atoms with Gasteiger partial charge < -0.3 is 0 Å². The van der Waals surface area contributed by atoms with Crippen LogP contribution < -0.4 is 0 Å². The van der Waals surface area contributed by atoms with Gasteiger partial charge in [0.15, 0.2) is 0 Å². The van der Waals surface area contributed by atoms with Gasteiger partial charge in [0.05, 0.1) is 16.7 Å². The standard InChI is InChI=1S/C9H3N3S.Na.H/c10-3-6-1-2-9(13)8(5-12)7(6)4-11;;/h1-2,13H;;. The molecule has 0 saturated heterocycles. The average Bonchev–Trinajstić information content (AvgIpc) is 2.17. The Hall–Kier alpha value is -0.960. The molecule has 0 fully saturated rings.